The van der Waals surface area contributed by atoms with Crippen molar-refractivity contribution in [2.75, 3.05) is 27.3 Å². The fourth-order valence-corrected chi connectivity index (χ4v) is 2.56. The summed E-state index contributed by atoms with van der Waals surface area (Å²) in [5, 5.41) is 3.22. The molecule has 0 aliphatic carbocycles. The Hall–Kier alpha value is -1.59. The Kier molecular flexibility index (Phi) is 4.98. The van der Waals surface area contributed by atoms with E-state index >= 15 is 0 Å². The molecule has 110 valence electrons. The van der Waals surface area contributed by atoms with Crippen LogP contribution in [0.2, 0.25) is 0 Å². The molecule has 1 heterocycles. The van der Waals surface area contributed by atoms with E-state index in [9.17, 15) is 4.79 Å². The van der Waals surface area contributed by atoms with E-state index in [4.69, 9.17) is 9.47 Å². The molecule has 5 nitrogen and oxygen atoms in total. The first-order valence-electron chi connectivity index (χ1n) is 6.83. The van der Waals surface area contributed by atoms with Gasteiger partial charge < -0.3 is 19.6 Å². The van der Waals surface area contributed by atoms with Crippen LogP contribution in [-0.2, 0) is 11.3 Å². The number of hydrogen-bond donors (Lipinski definition) is 1. The first kappa shape index (κ1) is 14.8. The third kappa shape index (κ3) is 3.11. The number of nitrogens with one attached hydrogen (secondary N) is 1. The smallest absolute Gasteiger partial charge is 0.138 e. The monoisotopic (exact) mass is 278 g/mol. The Morgan fingerprint density at radius 2 is 2.20 bits per heavy atom. The molecule has 1 aromatic rings. The molecule has 0 radical (unpaired) electrons. The van der Waals surface area contributed by atoms with Crippen LogP contribution in [0.25, 0.3) is 0 Å². The van der Waals surface area contributed by atoms with Crippen molar-refractivity contribution in [2.45, 2.75) is 25.6 Å². The van der Waals surface area contributed by atoms with E-state index in [0.717, 1.165) is 43.0 Å². The second-order valence-corrected chi connectivity index (χ2v) is 5.00. The molecule has 1 saturated heterocycles. The molecule has 1 aromatic carbocycles. The third-order valence-corrected chi connectivity index (χ3v) is 3.89. The van der Waals surface area contributed by atoms with E-state index in [-0.39, 0.29) is 12.1 Å². The van der Waals surface area contributed by atoms with Crippen LogP contribution in [0.4, 0.5) is 0 Å². The van der Waals surface area contributed by atoms with Gasteiger partial charge in [-0.1, -0.05) is 6.07 Å². The number of aldehydes is 1. The van der Waals surface area contributed by atoms with Gasteiger partial charge in [0.1, 0.15) is 17.8 Å². The molecule has 0 amide bonds. The van der Waals surface area contributed by atoms with Crippen LogP contribution in [0.1, 0.15) is 12.5 Å². The molecular formula is C15H22N2O3. The van der Waals surface area contributed by atoms with Crippen LogP contribution in [0.3, 0.4) is 0 Å². The molecular weight excluding hydrogens is 256 g/mol. The van der Waals surface area contributed by atoms with Crippen molar-refractivity contribution in [3.8, 4) is 11.5 Å². The molecule has 5 heteroatoms. The first-order valence-corrected chi connectivity index (χ1v) is 6.83. The average Bonchev–Trinajstić information content (AvgIpc) is 2.49. The normalized spacial score (nSPS) is 23.4. The lowest BCUT2D eigenvalue weighted by atomic mass is 10.0. The summed E-state index contributed by atoms with van der Waals surface area (Å²) in [6, 6.07) is 5.91. The van der Waals surface area contributed by atoms with Crippen molar-refractivity contribution in [1.29, 1.82) is 0 Å². The van der Waals surface area contributed by atoms with Crippen LogP contribution < -0.4 is 14.8 Å². The predicted molar refractivity (Wildman–Crippen MR) is 77.3 cm³/mol. The highest BCUT2D eigenvalue weighted by atomic mass is 16.5. The van der Waals surface area contributed by atoms with Gasteiger partial charge in [-0.05, 0) is 13.0 Å². The van der Waals surface area contributed by atoms with E-state index < -0.39 is 0 Å². The Labute approximate surface area is 119 Å². The minimum atomic E-state index is -0.104. The van der Waals surface area contributed by atoms with Crippen molar-refractivity contribution in [2.24, 2.45) is 0 Å². The SMILES string of the molecule is COc1ccc(CN2CCNC(C=O)[C@@H]2C)c(OC)c1. The minimum Gasteiger partial charge on any atom is -0.497 e. The largest absolute Gasteiger partial charge is 0.497 e. The van der Waals surface area contributed by atoms with Gasteiger partial charge in [0.2, 0.25) is 0 Å². The van der Waals surface area contributed by atoms with Crippen molar-refractivity contribution < 1.29 is 14.3 Å². The van der Waals surface area contributed by atoms with Crippen LogP contribution in [-0.4, -0.2) is 50.6 Å². The fourth-order valence-electron chi connectivity index (χ4n) is 2.56. The lowest BCUT2D eigenvalue weighted by Gasteiger charge is -2.38. The number of carbonyl (C=O) groups excluding carboxylic acids is 1. The van der Waals surface area contributed by atoms with Gasteiger partial charge in [-0.15, -0.1) is 0 Å². The molecule has 2 atom stereocenters. The number of piperazine rings is 1. The number of rotatable bonds is 5. The third-order valence-electron chi connectivity index (χ3n) is 3.89. The lowest BCUT2D eigenvalue weighted by molar-refractivity contribution is -0.111. The van der Waals surface area contributed by atoms with Crippen LogP contribution in [0.5, 0.6) is 11.5 Å². The Morgan fingerprint density at radius 1 is 1.40 bits per heavy atom. The van der Waals surface area contributed by atoms with E-state index in [1.807, 2.05) is 18.2 Å². The summed E-state index contributed by atoms with van der Waals surface area (Å²) in [5.41, 5.74) is 1.10. The number of carbonyl (C=O) groups is 1. The van der Waals surface area contributed by atoms with Gasteiger partial charge in [-0.25, -0.2) is 0 Å². The van der Waals surface area contributed by atoms with Gasteiger partial charge in [0.15, 0.2) is 0 Å². The van der Waals surface area contributed by atoms with E-state index in [1.165, 1.54) is 0 Å². The van der Waals surface area contributed by atoms with E-state index in [1.54, 1.807) is 14.2 Å². The minimum absolute atomic E-state index is 0.104. The summed E-state index contributed by atoms with van der Waals surface area (Å²) in [6.07, 6.45) is 0.988. The second kappa shape index (κ2) is 6.72. The molecule has 0 bridgehead atoms. The Bertz CT molecular complexity index is 464. The fraction of sp³-hybridized carbons (Fsp3) is 0.533. The van der Waals surface area contributed by atoms with Crippen LogP contribution in [0.15, 0.2) is 18.2 Å². The number of hydrogen-bond acceptors (Lipinski definition) is 5. The molecule has 2 rings (SSSR count). The zero-order valence-corrected chi connectivity index (χ0v) is 12.3. The maximum absolute atomic E-state index is 11.0. The van der Waals surface area contributed by atoms with Gasteiger partial charge in [0.05, 0.1) is 20.3 Å². The average molecular weight is 278 g/mol. The van der Waals surface area contributed by atoms with Gasteiger partial charge in [-0.3, -0.25) is 4.90 Å². The molecule has 0 saturated carbocycles. The van der Waals surface area contributed by atoms with Crippen molar-refractivity contribution in [3.05, 3.63) is 23.8 Å². The second-order valence-electron chi connectivity index (χ2n) is 5.00. The van der Waals surface area contributed by atoms with Crippen molar-refractivity contribution in [1.82, 2.24) is 10.2 Å². The number of benzene rings is 1. The van der Waals surface area contributed by atoms with E-state index in [2.05, 4.69) is 17.1 Å². The summed E-state index contributed by atoms with van der Waals surface area (Å²) in [7, 11) is 3.30. The first-order chi connectivity index (χ1) is 9.69. The van der Waals surface area contributed by atoms with Gasteiger partial charge >= 0.3 is 0 Å². The Morgan fingerprint density at radius 3 is 2.85 bits per heavy atom. The maximum atomic E-state index is 11.0. The maximum Gasteiger partial charge on any atom is 0.138 e. The number of nitrogens with zero attached hydrogens (tertiary/aromatic N) is 1. The highest BCUT2D eigenvalue weighted by Crippen LogP contribution is 2.26. The Balaban J connectivity index is 2.14. The van der Waals surface area contributed by atoms with Gasteiger partial charge in [-0.2, -0.15) is 0 Å². The van der Waals surface area contributed by atoms with Crippen LogP contribution >= 0.6 is 0 Å². The summed E-state index contributed by atoms with van der Waals surface area (Å²) < 4.78 is 10.6. The molecule has 1 N–H and O–H groups in total. The molecule has 1 unspecified atom stereocenters. The summed E-state index contributed by atoms with van der Waals surface area (Å²) in [5.74, 6) is 1.60. The summed E-state index contributed by atoms with van der Waals surface area (Å²) >= 11 is 0. The van der Waals surface area contributed by atoms with Gasteiger partial charge in [0.25, 0.3) is 0 Å². The van der Waals surface area contributed by atoms with Crippen LogP contribution in [0, 0.1) is 0 Å². The molecule has 20 heavy (non-hydrogen) atoms. The lowest BCUT2D eigenvalue weighted by Crippen LogP contribution is -2.56. The number of methoxy groups -OCH3 is 2. The van der Waals surface area contributed by atoms with Crippen molar-refractivity contribution in [3.63, 3.8) is 0 Å². The standard InChI is InChI=1S/C15H22N2O3/c1-11-14(10-18)16-6-7-17(11)9-12-4-5-13(19-2)8-15(12)20-3/h4-5,8,10-11,14,16H,6-7,9H2,1-3H3/t11-,14?/m0/s1. The molecule has 0 spiro atoms. The number of ether oxygens (including phenoxy) is 2. The highest BCUT2D eigenvalue weighted by Gasteiger charge is 2.27. The van der Waals surface area contributed by atoms with E-state index in [0.29, 0.717) is 0 Å². The summed E-state index contributed by atoms with van der Waals surface area (Å²) in [4.78, 5) is 13.3. The molecule has 1 aliphatic heterocycles. The molecule has 1 fully saturated rings. The zero-order valence-electron chi connectivity index (χ0n) is 12.3. The molecule has 1 aliphatic rings. The topological polar surface area (TPSA) is 50.8 Å². The predicted octanol–water partition coefficient (Wildman–Crippen LogP) is 1.06. The summed E-state index contributed by atoms with van der Waals surface area (Å²) in [6.45, 7) is 4.58. The zero-order chi connectivity index (χ0) is 14.5. The quantitative estimate of drug-likeness (QED) is 0.816. The molecule has 0 aromatic heterocycles. The van der Waals surface area contributed by atoms with Crippen molar-refractivity contribution >= 4 is 6.29 Å². The van der Waals surface area contributed by atoms with Gasteiger partial charge in [0, 0.05) is 37.3 Å². The highest BCUT2D eigenvalue weighted by molar-refractivity contribution is 5.59.